The lowest BCUT2D eigenvalue weighted by atomic mass is 10.4. The standard InChI is InChI=1S/C4H7FO2/c1-3-4(5)7-2-6-3/h3-4H,2H2,1H3. The zero-order valence-corrected chi connectivity index (χ0v) is 4.06. The zero-order chi connectivity index (χ0) is 5.28. The summed E-state index contributed by atoms with van der Waals surface area (Å²) in [6.07, 6.45) is -1.58. The molecule has 0 aromatic carbocycles. The summed E-state index contributed by atoms with van der Waals surface area (Å²) in [6.45, 7) is 1.74. The van der Waals surface area contributed by atoms with E-state index in [1.54, 1.807) is 6.92 Å². The topological polar surface area (TPSA) is 18.5 Å². The van der Waals surface area contributed by atoms with Crippen LogP contribution in [0.25, 0.3) is 0 Å². The van der Waals surface area contributed by atoms with E-state index in [-0.39, 0.29) is 12.9 Å². The Morgan fingerprint density at radius 2 is 2.29 bits per heavy atom. The third kappa shape index (κ3) is 0.894. The predicted octanol–water partition coefficient (Wildman–Crippen LogP) is 0.675. The van der Waals surface area contributed by atoms with Gasteiger partial charge in [0.2, 0.25) is 6.36 Å². The molecule has 0 saturated carbocycles. The van der Waals surface area contributed by atoms with Gasteiger partial charge in [-0.15, -0.1) is 0 Å². The molecule has 2 atom stereocenters. The minimum Gasteiger partial charge on any atom is -0.347 e. The van der Waals surface area contributed by atoms with Gasteiger partial charge in [-0.1, -0.05) is 0 Å². The van der Waals surface area contributed by atoms with Gasteiger partial charge in [-0.05, 0) is 6.92 Å². The summed E-state index contributed by atoms with van der Waals surface area (Å²) in [5.41, 5.74) is 0. The van der Waals surface area contributed by atoms with Crippen molar-refractivity contribution in [3.05, 3.63) is 0 Å². The Bertz CT molecular complexity index is 58.7. The van der Waals surface area contributed by atoms with Crippen molar-refractivity contribution < 1.29 is 13.9 Å². The van der Waals surface area contributed by atoms with Crippen LogP contribution in [0.5, 0.6) is 0 Å². The molecule has 0 N–H and O–H groups in total. The maximum absolute atomic E-state index is 12.0. The first kappa shape index (κ1) is 5.00. The highest BCUT2D eigenvalue weighted by atomic mass is 19.1. The van der Waals surface area contributed by atoms with Gasteiger partial charge >= 0.3 is 0 Å². The van der Waals surface area contributed by atoms with Gasteiger partial charge in [0.25, 0.3) is 0 Å². The van der Waals surface area contributed by atoms with Crippen molar-refractivity contribution in [2.24, 2.45) is 0 Å². The van der Waals surface area contributed by atoms with Gasteiger partial charge in [0.1, 0.15) is 6.10 Å². The first-order valence-electron chi connectivity index (χ1n) is 2.18. The average Bonchev–Trinajstić information content (AvgIpc) is 1.91. The third-order valence-corrected chi connectivity index (χ3v) is 0.927. The minimum atomic E-state index is -1.21. The van der Waals surface area contributed by atoms with Crippen LogP contribution in [0.1, 0.15) is 6.92 Å². The molecule has 1 saturated heterocycles. The summed E-state index contributed by atoms with van der Waals surface area (Å²) in [5.74, 6) is 0. The maximum Gasteiger partial charge on any atom is 0.227 e. The van der Waals surface area contributed by atoms with Gasteiger partial charge in [0.05, 0.1) is 0 Å². The van der Waals surface area contributed by atoms with E-state index in [0.717, 1.165) is 0 Å². The van der Waals surface area contributed by atoms with Gasteiger partial charge in [0, 0.05) is 0 Å². The summed E-state index contributed by atoms with van der Waals surface area (Å²) in [7, 11) is 0. The highest BCUT2D eigenvalue weighted by Gasteiger charge is 2.23. The Labute approximate surface area is 41.2 Å². The lowest BCUT2D eigenvalue weighted by Crippen LogP contribution is -2.11. The van der Waals surface area contributed by atoms with Gasteiger partial charge in [-0.2, -0.15) is 0 Å². The van der Waals surface area contributed by atoms with E-state index < -0.39 is 6.36 Å². The monoisotopic (exact) mass is 106 g/mol. The highest BCUT2D eigenvalue weighted by molar-refractivity contribution is 4.55. The molecule has 1 fully saturated rings. The van der Waals surface area contributed by atoms with Crippen molar-refractivity contribution in [2.45, 2.75) is 19.4 Å². The fraction of sp³-hybridized carbons (Fsp3) is 1.00. The number of halogens is 1. The van der Waals surface area contributed by atoms with E-state index in [9.17, 15) is 4.39 Å². The molecule has 42 valence electrons. The average molecular weight is 106 g/mol. The highest BCUT2D eigenvalue weighted by Crippen LogP contribution is 2.11. The van der Waals surface area contributed by atoms with Crippen LogP contribution in [0.4, 0.5) is 4.39 Å². The number of alkyl halides is 1. The molecule has 2 unspecified atom stereocenters. The second-order valence-corrected chi connectivity index (χ2v) is 1.51. The van der Waals surface area contributed by atoms with Crippen LogP contribution >= 0.6 is 0 Å². The molecule has 0 aromatic rings. The van der Waals surface area contributed by atoms with Gasteiger partial charge < -0.3 is 9.47 Å². The van der Waals surface area contributed by atoms with Crippen LogP contribution in [-0.2, 0) is 9.47 Å². The van der Waals surface area contributed by atoms with Crippen molar-refractivity contribution in [2.75, 3.05) is 6.79 Å². The summed E-state index contributed by atoms with van der Waals surface area (Å²) < 4.78 is 21.0. The summed E-state index contributed by atoms with van der Waals surface area (Å²) in [6, 6.07) is 0. The first-order chi connectivity index (χ1) is 3.30. The fourth-order valence-corrected chi connectivity index (χ4v) is 0.423. The molecule has 1 rings (SSSR count). The van der Waals surface area contributed by atoms with E-state index in [0.29, 0.717) is 0 Å². The van der Waals surface area contributed by atoms with Crippen molar-refractivity contribution in [3.8, 4) is 0 Å². The van der Waals surface area contributed by atoms with Crippen molar-refractivity contribution in [1.29, 1.82) is 0 Å². The zero-order valence-electron chi connectivity index (χ0n) is 4.06. The minimum absolute atomic E-state index is 0.0995. The molecule has 0 aromatic heterocycles. The molecular formula is C4H7FO2. The van der Waals surface area contributed by atoms with E-state index in [1.807, 2.05) is 0 Å². The van der Waals surface area contributed by atoms with Crippen LogP contribution in [0.3, 0.4) is 0 Å². The van der Waals surface area contributed by atoms with Crippen LogP contribution in [0, 0.1) is 0 Å². The van der Waals surface area contributed by atoms with Crippen LogP contribution in [0.15, 0.2) is 0 Å². The first-order valence-corrected chi connectivity index (χ1v) is 2.18. The van der Waals surface area contributed by atoms with Crippen molar-refractivity contribution >= 4 is 0 Å². The lowest BCUT2D eigenvalue weighted by Gasteiger charge is -1.98. The third-order valence-electron chi connectivity index (χ3n) is 0.927. The van der Waals surface area contributed by atoms with Crippen LogP contribution in [-0.4, -0.2) is 19.3 Å². The van der Waals surface area contributed by atoms with E-state index in [4.69, 9.17) is 0 Å². The molecule has 3 heteroatoms. The fourth-order valence-electron chi connectivity index (χ4n) is 0.423. The largest absolute Gasteiger partial charge is 0.347 e. The molecule has 0 bridgehead atoms. The summed E-state index contributed by atoms with van der Waals surface area (Å²) in [4.78, 5) is 0. The Hall–Kier alpha value is -0.150. The molecule has 0 amide bonds. The molecule has 1 aliphatic rings. The van der Waals surface area contributed by atoms with E-state index >= 15 is 0 Å². The van der Waals surface area contributed by atoms with Gasteiger partial charge in [0.15, 0.2) is 6.79 Å². The van der Waals surface area contributed by atoms with Crippen LogP contribution in [0.2, 0.25) is 0 Å². The molecule has 0 spiro atoms. The number of rotatable bonds is 0. The number of hydrogen-bond donors (Lipinski definition) is 0. The Morgan fingerprint density at radius 3 is 2.43 bits per heavy atom. The summed E-state index contributed by atoms with van der Waals surface area (Å²) in [5, 5.41) is 0. The quantitative estimate of drug-likeness (QED) is 0.452. The molecule has 1 heterocycles. The Morgan fingerprint density at radius 1 is 1.57 bits per heavy atom. The molecule has 2 nitrogen and oxygen atoms in total. The number of hydrogen-bond acceptors (Lipinski definition) is 2. The maximum atomic E-state index is 12.0. The second kappa shape index (κ2) is 1.76. The van der Waals surface area contributed by atoms with Gasteiger partial charge in [-0.3, -0.25) is 0 Å². The SMILES string of the molecule is CC1OCOC1F. The molecule has 0 aliphatic carbocycles. The smallest absolute Gasteiger partial charge is 0.227 e. The summed E-state index contributed by atoms with van der Waals surface area (Å²) >= 11 is 0. The Balaban J connectivity index is 2.33. The molecule has 1 aliphatic heterocycles. The normalized spacial score (nSPS) is 42.0. The predicted molar refractivity (Wildman–Crippen MR) is 21.4 cm³/mol. The Kier molecular flexibility index (Phi) is 1.25. The molecule has 0 radical (unpaired) electrons. The second-order valence-electron chi connectivity index (χ2n) is 1.51. The van der Waals surface area contributed by atoms with Crippen molar-refractivity contribution in [1.82, 2.24) is 0 Å². The van der Waals surface area contributed by atoms with Crippen molar-refractivity contribution in [3.63, 3.8) is 0 Å². The molecule has 7 heavy (non-hydrogen) atoms. The van der Waals surface area contributed by atoms with Gasteiger partial charge in [-0.25, -0.2) is 4.39 Å². The van der Waals surface area contributed by atoms with Crippen LogP contribution < -0.4 is 0 Å². The number of ether oxygens (including phenoxy) is 2. The molecular weight excluding hydrogens is 99.0 g/mol. The van der Waals surface area contributed by atoms with E-state index in [2.05, 4.69) is 9.47 Å². The lowest BCUT2D eigenvalue weighted by molar-refractivity contribution is -0.00528. The van der Waals surface area contributed by atoms with E-state index in [1.165, 1.54) is 0 Å².